The lowest BCUT2D eigenvalue weighted by Crippen LogP contribution is -2.31. The largest absolute Gasteiger partial charge is 0.507 e. The van der Waals surface area contributed by atoms with Crippen molar-refractivity contribution in [2.45, 2.75) is 32.2 Å². The van der Waals surface area contributed by atoms with Gasteiger partial charge in [0.25, 0.3) is 11.1 Å². The summed E-state index contributed by atoms with van der Waals surface area (Å²) >= 11 is 0. The summed E-state index contributed by atoms with van der Waals surface area (Å²) in [7, 11) is 1.20. The molecule has 1 aliphatic heterocycles. The lowest BCUT2D eigenvalue weighted by atomic mass is 9.88. The molecule has 1 aliphatic rings. The van der Waals surface area contributed by atoms with Crippen LogP contribution >= 0.6 is 0 Å². The molecule has 0 bridgehead atoms. The number of hydrogen-bond acceptors (Lipinski definition) is 9. The van der Waals surface area contributed by atoms with Gasteiger partial charge >= 0.3 is 5.97 Å². The first-order chi connectivity index (χ1) is 19.2. The van der Waals surface area contributed by atoms with Crippen LogP contribution in [0.1, 0.15) is 34.7 Å². The number of hydrogen-bond donors (Lipinski definition) is 4. The maximum atomic E-state index is 13.8. The number of aromatic nitrogens is 2. The first kappa shape index (κ1) is 26.7. The number of aromatic hydroxyl groups is 3. The van der Waals surface area contributed by atoms with Gasteiger partial charge in [0.15, 0.2) is 23.0 Å². The molecule has 2 aromatic heterocycles. The quantitative estimate of drug-likeness (QED) is 0.201. The molecule has 3 heterocycles. The van der Waals surface area contributed by atoms with Crippen molar-refractivity contribution in [3.05, 3.63) is 85.6 Å². The van der Waals surface area contributed by atoms with Crippen LogP contribution in [-0.4, -0.2) is 51.2 Å². The summed E-state index contributed by atoms with van der Waals surface area (Å²) in [4.78, 5) is 42.4. The minimum absolute atomic E-state index is 0.0980. The van der Waals surface area contributed by atoms with Crippen molar-refractivity contribution >= 4 is 16.9 Å². The predicted octanol–water partition coefficient (Wildman–Crippen LogP) is 2.82. The Kier molecular flexibility index (Phi) is 7.12. The van der Waals surface area contributed by atoms with Crippen molar-refractivity contribution in [1.82, 2.24) is 9.55 Å². The molecule has 0 aliphatic carbocycles. The SMILES string of the molecule is COC(=O)C[C@@H](c1cc2cc3c(cc2[nH]c1=O)OCCO3)c1c(O)cc(C)n(CCc2ccc(O)c(O)c2)c1=O. The number of aryl methyl sites for hydroxylation is 2. The standard InChI is InChI=1S/C29H28N2O9/c1-15-9-23(34)27(29(37)31(15)6-5-16-3-4-21(32)22(33)10-16)18(13-26(35)38-2)19-11-17-12-24-25(40-8-7-39-24)14-20(17)30-28(19)36/h3-4,9-12,14,18,32-34H,5-8,13H2,1-2H3,(H,30,36)/t18-/m0/s1. The predicted molar refractivity (Wildman–Crippen MR) is 145 cm³/mol. The molecule has 0 unspecified atom stereocenters. The normalized spacial score (nSPS) is 13.2. The Morgan fingerprint density at radius 1 is 1.00 bits per heavy atom. The Balaban J connectivity index is 1.61. The van der Waals surface area contributed by atoms with E-state index < -0.39 is 23.0 Å². The smallest absolute Gasteiger partial charge is 0.306 e. The highest BCUT2D eigenvalue weighted by Gasteiger charge is 2.29. The fourth-order valence-electron chi connectivity index (χ4n) is 4.98. The number of carbonyl (C=O) groups excluding carboxylic acids is 1. The molecule has 208 valence electrons. The van der Waals surface area contributed by atoms with Crippen molar-refractivity contribution < 1.29 is 34.3 Å². The molecule has 2 aromatic carbocycles. The van der Waals surface area contributed by atoms with Crippen LogP contribution in [0.5, 0.6) is 28.7 Å². The lowest BCUT2D eigenvalue weighted by Gasteiger charge is -2.21. The highest BCUT2D eigenvalue weighted by molar-refractivity contribution is 5.83. The van der Waals surface area contributed by atoms with Gasteiger partial charge in [-0.2, -0.15) is 0 Å². The number of nitrogens with zero attached hydrogens (tertiary/aromatic N) is 1. The molecule has 0 saturated carbocycles. The van der Waals surface area contributed by atoms with Crippen molar-refractivity contribution in [3.8, 4) is 28.7 Å². The third-order valence-electron chi connectivity index (χ3n) is 7.04. The van der Waals surface area contributed by atoms with Crippen molar-refractivity contribution in [1.29, 1.82) is 0 Å². The van der Waals surface area contributed by atoms with Gasteiger partial charge in [0, 0.05) is 35.2 Å². The maximum absolute atomic E-state index is 13.8. The van der Waals surface area contributed by atoms with Crippen LogP contribution in [0.4, 0.5) is 0 Å². The molecule has 5 rings (SSSR count). The Morgan fingerprint density at radius 2 is 1.73 bits per heavy atom. The molecule has 0 radical (unpaired) electrons. The summed E-state index contributed by atoms with van der Waals surface area (Å²) in [5.41, 5.74) is 0.482. The van der Waals surface area contributed by atoms with Crippen LogP contribution in [0, 0.1) is 6.92 Å². The van der Waals surface area contributed by atoms with Gasteiger partial charge in [-0.1, -0.05) is 6.07 Å². The molecular formula is C29H28N2O9. The number of phenols is 2. The molecule has 0 saturated heterocycles. The number of aromatic amines is 1. The van der Waals surface area contributed by atoms with E-state index in [0.717, 1.165) is 0 Å². The average molecular weight is 549 g/mol. The fraction of sp³-hybridized carbons (Fsp3) is 0.276. The third-order valence-corrected chi connectivity index (χ3v) is 7.04. The minimum Gasteiger partial charge on any atom is -0.507 e. The summed E-state index contributed by atoms with van der Waals surface area (Å²) in [6.07, 6.45) is -0.0441. The van der Waals surface area contributed by atoms with Crippen LogP contribution in [0.2, 0.25) is 0 Å². The van der Waals surface area contributed by atoms with Crippen molar-refractivity contribution in [3.63, 3.8) is 0 Å². The van der Waals surface area contributed by atoms with Gasteiger partial charge in [-0.25, -0.2) is 0 Å². The fourth-order valence-corrected chi connectivity index (χ4v) is 4.98. The number of rotatable bonds is 7. The van der Waals surface area contributed by atoms with E-state index >= 15 is 0 Å². The van der Waals surface area contributed by atoms with E-state index in [9.17, 15) is 29.7 Å². The molecule has 40 heavy (non-hydrogen) atoms. The molecule has 11 nitrogen and oxygen atoms in total. The van der Waals surface area contributed by atoms with Gasteiger partial charge in [-0.15, -0.1) is 0 Å². The van der Waals surface area contributed by atoms with Gasteiger partial charge in [0.05, 0.1) is 24.6 Å². The maximum Gasteiger partial charge on any atom is 0.306 e. The van der Waals surface area contributed by atoms with Gasteiger partial charge in [0.1, 0.15) is 19.0 Å². The number of phenolic OH excluding ortho intramolecular Hbond substituents is 2. The van der Waals surface area contributed by atoms with Crippen molar-refractivity contribution in [2.75, 3.05) is 20.3 Å². The summed E-state index contributed by atoms with van der Waals surface area (Å²) in [6.45, 7) is 2.59. The van der Waals surface area contributed by atoms with Gasteiger partial charge in [-0.05, 0) is 49.2 Å². The Hall–Kier alpha value is -4.93. The highest BCUT2D eigenvalue weighted by Crippen LogP contribution is 2.36. The van der Waals surface area contributed by atoms with Crippen LogP contribution in [0.25, 0.3) is 10.9 Å². The Bertz CT molecular complexity index is 1740. The van der Waals surface area contributed by atoms with Crippen LogP contribution in [-0.2, 0) is 22.5 Å². The number of methoxy groups -OCH3 is 1. The molecule has 0 spiro atoms. The van der Waals surface area contributed by atoms with E-state index in [4.69, 9.17) is 14.2 Å². The molecule has 4 N–H and O–H groups in total. The number of pyridine rings is 2. The Labute approximate surface area is 227 Å². The zero-order valence-electron chi connectivity index (χ0n) is 21.9. The molecule has 0 fully saturated rings. The molecule has 0 amide bonds. The Morgan fingerprint density at radius 3 is 2.42 bits per heavy atom. The highest BCUT2D eigenvalue weighted by atomic mass is 16.6. The third kappa shape index (κ3) is 5.05. The van der Waals surface area contributed by atoms with Crippen LogP contribution < -0.4 is 20.6 Å². The second-order valence-corrected chi connectivity index (χ2v) is 9.58. The second kappa shape index (κ2) is 10.7. The van der Waals surface area contributed by atoms with Gasteiger partial charge < -0.3 is 39.1 Å². The zero-order valence-corrected chi connectivity index (χ0v) is 21.9. The minimum atomic E-state index is -1.12. The number of carbonyl (C=O) groups is 1. The summed E-state index contributed by atoms with van der Waals surface area (Å²) < 4.78 is 17.5. The van der Waals surface area contributed by atoms with E-state index in [-0.39, 0.29) is 41.3 Å². The summed E-state index contributed by atoms with van der Waals surface area (Å²) in [5.74, 6) is -1.68. The first-order valence-corrected chi connectivity index (χ1v) is 12.6. The number of H-pyrrole nitrogens is 1. The molecule has 11 heteroatoms. The van der Waals surface area contributed by atoms with E-state index in [0.29, 0.717) is 53.3 Å². The molecule has 1 atom stereocenters. The average Bonchev–Trinajstić information content (AvgIpc) is 2.92. The van der Waals surface area contributed by atoms with Gasteiger partial charge in [0.2, 0.25) is 0 Å². The first-order valence-electron chi connectivity index (χ1n) is 12.6. The van der Waals surface area contributed by atoms with E-state index in [1.165, 1.54) is 29.9 Å². The monoisotopic (exact) mass is 548 g/mol. The number of ether oxygens (including phenoxy) is 3. The number of benzene rings is 2. The molecular weight excluding hydrogens is 520 g/mol. The number of fused-ring (bicyclic) bond motifs is 2. The van der Waals surface area contributed by atoms with E-state index in [1.807, 2.05) is 0 Å². The number of esters is 1. The second-order valence-electron chi connectivity index (χ2n) is 9.58. The summed E-state index contributed by atoms with van der Waals surface area (Å²) in [5, 5.41) is 30.9. The van der Waals surface area contributed by atoms with E-state index in [2.05, 4.69) is 4.98 Å². The van der Waals surface area contributed by atoms with E-state index in [1.54, 1.807) is 31.2 Å². The number of nitrogens with one attached hydrogen (secondary N) is 1. The van der Waals surface area contributed by atoms with Crippen molar-refractivity contribution in [2.24, 2.45) is 0 Å². The molecule has 4 aromatic rings. The van der Waals surface area contributed by atoms with Crippen LogP contribution in [0.15, 0.2) is 52.1 Å². The zero-order chi connectivity index (χ0) is 28.6. The lowest BCUT2D eigenvalue weighted by molar-refractivity contribution is -0.140. The van der Waals surface area contributed by atoms with Crippen LogP contribution in [0.3, 0.4) is 0 Å². The summed E-state index contributed by atoms with van der Waals surface area (Å²) in [6, 6.07) is 10.7. The van der Waals surface area contributed by atoms with Gasteiger partial charge in [-0.3, -0.25) is 14.4 Å². The topological polar surface area (TPSA) is 160 Å².